The van der Waals surface area contributed by atoms with Crippen molar-refractivity contribution in [3.8, 4) is 0 Å². The molecular weight excluding hydrogens is 234 g/mol. The number of rotatable bonds is 3. The van der Waals surface area contributed by atoms with E-state index in [1.54, 1.807) is 0 Å². The predicted octanol–water partition coefficient (Wildman–Crippen LogP) is 2.28. The van der Waals surface area contributed by atoms with Gasteiger partial charge in [0.2, 0.25) is 0 Å². The molecule has 1 aromatic rings. The summed E-state index contributed by atoms with van der Waals surface area (Å²) in [6, 6.07) is 7.12. The summed E-state index contributed by atoms with van der Waals surface area (Å²) in [5.41, 5.74) is 9.79. The van der Waals surface area contributed by atoms with E-state index in [4.69, 9.17) is 5.73 Å². The normalized spacial score (nSPS) is 24.6. The monoisotopic (exact) mass is 259 g/mol. The minimum absolute atomic E-state index is 0.638. The molecule has 1 aromatic carbocycles. The molecule has 1 heterocycles. The predicted molar refractivity (Wildman–Crippen MR) is 80.2 cm³/mol. The van der Waals surface area contributed by atoms with E-state index in [1.165, 1.54) is 63.1 Å². The van der Waals surface area contributed by atoms with Crippen LogP contribution in [-0.2, 0) is 6.42 Å². The van der Waals surface area contributed by atoms with Crippen LogP contribution >= 0.6 is 0 Å². The van der Waals surface area contributed by atoms with Crippen LogP contribution in [0.2, 0.25) is 0 Å². The summed E-state index contributed by atoms with van der Waals surface area (Å²) in [5, 5.41) is 0. The molecule has 0 spiro atoms. The Morgan fingerprint density at radius 2 is 2.00 bits per heavy atom. The van der Waals surface area contributed by atoms with E-state index < -0.39 is 0 Å². The Morgan fingerprint density at radius 3 is 2.74 bits per heavy atom. The van der Waals surface area contributed by atoms with Gasteiger partial charge < -0.3 is 10.6 Å². The third kappa shape index (κ3) is 2.63. The van der Waals surface area contributed by atoms with E-state index in [0.29, 0.717) is 6.04 Å². The topological polar surface area (TPSA) is 32.5 Å². The molecular formula is C16H25N3. The first-order valence-corrected chi connectivity index (χ1v) is 7.62. The Morgan fingerprint density at radius 1 is 1.21 bits per heavy atom. The molecule has 3 heteroatoms. The fourth-order valence-corrected chi connectivity index (χ4v) is 3.61. The second-order valence-corrected chi connectivity index (χ2v) is 5.89. The molecule has 1 saturated heterocycles. The third-order valence-corrected chi connectivity index (χ3v) is 4.60. The van der Waals surface area contributed by atoms with Crippen molar-refractivity contribution in [2.24, 2.45) is 0 Å². The summed E-state index contributed by atoms with van der Waals surface area (Å²) in [6.45, 7) is 8.42. The lowest BCUT2D eigenvalue weighted by Crippen LogP contribution is -2.47. The number of benzene rings is 1. The highest BCUT2D eigenvalue weighted by molar-refractivity contribution is 5.47. The van der Waals surface area contributed by atoms with Gasteiger partial charge in [0.05, 0.1) is 0 Å². The molecule has 1 atom stereocenters. The summed E-state index contributed by atoms with van der Waals surface area (Å²) in [5.74, 6) is 0. The Hall–Kier alpha value is -1.06. The zero-order valence-electron chi connectivity index (χ0n) is 11.9. The van der Waals surface area contributed by atoms with Crippen LogP contribution in [0.4, 0.5) is 5.69 Å². The molecule has 0 saturated carbocycles. The molecule has 0 radical (unpaired) electrons. The molecule has 0 aromatic heterocycles. The van der Waals surface area contributed by atoms with E-state index >= 15 is 0 Å². The number of nitrogens with two attached hydrogens (primary N) is 1. The first-order valence-electron chi connectivity index (χ1n) is 7.62. The van der Waals surface area contributed by atoms with Crippen LogP contribution in [0.5, 0.6) is 0 Å². The summed E-state index contributed by atoms with van der Waals surface area (Å²) >= 11 is 0. The van der Waals surface area contributed by atoms with Crippen molar-refractivity contribution in [2.75, 3.05) is 38.5 Å². The van der Waals surface area contributed by atoms with Crippen molar-refractivity contribution in [1.82, 2.24) is 9.80 Å². The highest BCUT2D eigenvalue weighted by Gasteiger charge is 2.29. The van der Waals surface area contributed by atoms with E-state index in [9.17, 15) is 0 Å². The maximum atomic E-state index is 5.89. The molecule has 1 aliphatic heterocycles. The molecule has 0 bridgehead atoms. The maximum absolute atomic E-state index is 5.89. The van der Waals surface area contributed by atoms with Crippen molar-refractivity contribution < 1.29 is 0 Å². The minimum atomic E-state index is 0.638. The van der Waals surface area contributed by atoms with Crippen molar-refractivity contribution in [3.63, 3.8) is 0 Å². The van der Waals surface area contributed by atoms with Gasteiger partial charge in [0.25, 0.3) is 0 Å². The number of aryl methyl sites for hydroxylation is 1. The molecule has 0 amide bonds. The van der Waals surface area contributed by atoms with Gasteiger partial charge in [-0.05, 0) is 49.1 Å². The van der Waals surface area contributed by atoms with Crippen LogP contribution in [-0.4, -0.2) is 42.5 Å². The molecule has 19 heavy (non-hydrogen) atoms. The van der Waals surface area contributed by atoms with E-state index in [1.807, 2.05) is 0 Å². The van der Waals surface area contributed by atoms with Gasteiger partial charge in [-0.2, -0.15) is 0 Å². The average molecular weight is 259 g/mol. The van der Waals surface area contributed by atoms with Crippen LogP contribution in [0.25, 0.3) is 0 Å². The first kappa shape index (κ1) is 12.9. The van der Waals surface area contributed by atoms with Crippen LogP contribution in [0, 0.1) is 0 Å². The second-order valence-electron chi connectivity index (χ2n) is 5.89. The lowest BCUT2D eigenvalue weighted by atomic mass is 10.1. The van der Waals surface area contributed by atoms with Gasteiger partial charge >= 0.3 is 0 Å². The van der Waals surface area contributed by atoms with Crippen molar-refractivity contribution in [2.45, 2.75) is 32.2 Å². The van der Waals surface area contributed by atoms with Gasteiger partial charge in [-0.3, -0.25) is 4.90 Å². The largest absolute Gasteiger partial charge is 0.399 e. The molecule has 3 nitrogen and oxygen atoms in total. The summed E-state index contributed by atoms with van der Waals surface area (Å²) < 4.78 is 0. The smallest absolute Gasteiger partial charge is 0.0355 e. The van der Waals surface area contributed by atoms with E-state index in [2.05, 4.69) is 34.9 Å². The van der Waals surface area contributed by atoms with Gasteiger partial charge in [0.1, 0.15) is 0 Å². The number of nitrogens with zero attached hydrogens (tertiary/aromatic N) is 2. The Balaban J connectivity index is 1.66. The SMILES string of the molecule is CCCN1CCN(C2CCc3cc(N)ccc32)CC1. The number of piperazine rings is 1. The van der Waals surface area contributed by atoms with Crippen LogP contribution in [0.15, 0.2) is 18.2 Å². The average Bonchev–Trinajstić information content (AvgIpc) is 2.83. The van der Waals surface area contributed by atoms with Crippen molar-refractivity contribution >= 4 is 5.69 Å². The molecule has 1 aliphatic carbocycles. The second kappa shape index (κ2) is 5.51. The van der Waals surface area contributed by atoms with Gasteiger partial charge in [-0.25, -0.2) is 0 Å². The summed E-state index contributed by atoms with van der Waals surface area (Å²) in [7, 11) is 0. The fraction of sp³-hybridized carbons (Fsp3) is 0.625. The van der Waals surface area contributed by atoms with Gasteiger partial charge in [-0.15, -0.1) is 0 Å². The summed E-state index contributed by atoms with van der Waals surface area (Å²) in [4.78, 5) is 5.27. The Labute approximate surface area is 116 Å². The number of hydrogen-bond donors (Lipinski definition) is 1. The van der Waals surface area contributed by atoms with E-state index in [0.717, 1.165) is 5.69 Å². The molecule has 1 fully saturated rings. The van der Waals surface area contributed by atoms with Gasteiger partial charge in [0.15, 0.2) is 0 Å². The number of hydrogen-bond acceptors (Lipinski definition) is 3. The molecule has 104 valence electrons. The van der Waals surface area contributed by atoms with Crippen molar-refractivity contribution in [1.29, 1.82) is 0 Å². The highest BCUT2D eigenvalue weighted by Crippen LogP contribution is 2.36. The Kier molecular flexibility index (Phi) is 3.76. The first-order chi connectivity index (χ1) is 9.28. The van der Waals surface area contributed by atoms with Gasteiger partial charge in [-0.1, -0.05) is 13.0 Å². The number of anilines is 1. The number of fused-ring (bicyclic) bond motifs is 1. The van der Waals surface area contributed by atoms with Crippen LogP contribution in [0.3, 0.4) is 0 Å². The molecule has 1 unspecified atom stereocenters. The Bertz CT molecular complexity index is 436. The fourth-order valence-electron chi connectivity index (χ4n) is 3.61. The van der Waals surface area contributed by atoms with Crippen LogP contribution in [0.1, 0.15) is 36.9 Å². The van der Waals surface area contributed by atoms with E-state index in [-0.39, 0.29) is 0 Å². The highest BCUT2D eigenvalue weighted by atomic mass is 15.3. The lowest BCUT2D eigenvalue weighted by molar-refractivity contribution is 0.0961. The summed E-state index contributed by atoms with van der Waals surface area (Å²) in [6.07, 6.45) is 3.73. The van der Waals surface area contributed by atoms with Gasteiger partial charge in [0, 0.05) is 37.9 Å². The molecule has 2 aliphatic rings. The lowest BCUT2D eigenvalue weighted by Gasteiger charge is -2.38. The standard InChI is InChI=1S/C16H25N3/c1-2-7-18-8-10-19(11-9-18)16-6-3-13-12-14(17)4-5-15(13)16/h4-5,12,16H,2-3,6-11,17H2,1H3. The quantitative estimate of drug-likeness (QED) is 0.845. The minimum Gasteiger partial charge on any atom is -0.399 e. The zero-order valence-corrected chi connectivity index (χ0v) is 11.9. The number of nitrogen functional groups attached to an aromatic ring is 1. The maximum Gasteiger partial charge on any atom is 0.0355 e. The zero-order chi connectivity index (χ0) is 13.2. The van der Waals surface area contributed by atoms with Crippen LogP contribution < -0.4 is 5.73 Å². The third-order valence-electron chi connectivity index (χ3n) is 4.60. The van der Waals surface area contributed by atoms with Crippen molar-refractivity contribution in [3.05, 3.63) is 29.3 Å². The molecule has 3 rings (SSSR count). The molecule has 2 N–H and O–H groups in total.